The maximum Gasteiger partial charge on any atom is 0.161 e. The van der Waals surface area contributed by atoms with Crippen molar-refractivity contribution in [1.82, 2.24) is 0 Å². The first kappa shape index (κ1) is 13.2. The minimum Gasteiger partial charge on any atom is -0.490 e. The van der Waals surface area contributed by atoms with E-state index in [1.165, 1.54) is 0 Å². The number of aliphatic hydroxyl groups is 1. The van der Waals surface area contributed by atoms with Crippen molar-refractivity contribution in [3.8, 4) is 11.5 Å². The Kier molecular flexibility index (Phi) is 4.44. The van der Waals surface area contributed by atoms with Gasteiger partial charge in [0.05, 0.1) is 12.7 Å². The molecule has 18 heavy (non-hydrogen) atoms. The molecule has 1 saturated carbocycles. The Balaban J connectivity index is 2.15. The fourth-order valence-corrected chi connectivity index (χ4v) is 2.25. The lowest BCUT2D eigenvalue weighted by atomic mass is 10.2. The van der Waals surface area contributed by atoms with Gasteiger partial charge >= 0.3 is 0 Å². The van der Waals surface area contributed by atoms with Crippen molar-refractivity contribution in [2.24, 2.45) is 5.73 Å². The molecule has 2 unspecified atom stereocenters. The molecule has 2 rings (SSSR count). The molecular weight excluding hydrogens is 230 g/mol. The lowest BCUT2D eigenvalue weighted by molar-refractivity contribution is 0.0582. The predicted octanol–water partition coefficient (Wildman–Crippen LogP) is 1.84. The van der Waals surface area contributed by atoms with Gasteiger partial charge in [0.2, 0.25) is 0 Å². The first-order valence-corrected chi connectivity index (χ1v) is 6.55. The molecule has 3 N–H and O–H groups in total. The van der Waals surface area contributed by atoms with Crippen LogP contribution in [0, 0.1) is 0 Å². The summed E-state index contributed by atoms with van der Waals surface area (Å²) in [6.07, 6.45) is 2.24. The van der Waals surface area contributed by atoms with Crippen LogP contribution in [0.2, 0.25) is 0 Å². The van der Waals surface area contributed by atoms with Crippen LogP contribution in [0.4, 0.5) is 0 Å². The van der Waals surface area contributed by atoms with Gasteiger partial charge in [0.1, 0.15) is 6.10 Å². The largest absolute Gasteiger partial charge is 0.490 e. The van der Waals surface area contributed by atoms with E-state index in [0.29, 0.717) is 24.7 Å². The molecule has 0 heterocycles. The molecule has 4 nitrogen and oxygen atoms in total. The lowest BCUT2D eigenvalue weighted by Crippen LogP contribution is -2.25. The zero-order valence-corrected chi connectivity index (χ0v) is 10.8. The Bertz CT molecular complexity index is 395. The summed E-state index contributed by atoms with van der Waals surface area (Å²) in [7, 11) is 0. The van der Waals surface area contributed by atoms with Gasteiger partial charge in [-0.1, -0.05) is 6.07 Å². The third-order valence-electron chi connectivity index (χ3n) is 3.24. The lowest BCUT2D eigenvalue weighted by Gasteiger charge is -2.19. The van der Waals surface area contributed by atoms with E-state index < -0.39 is 0 Å². The molecule has 0 aliphatic heterocycles. The highest BCUT2D eigenvalue weighted by Gasteiger charge is 2.27. The highest BCUT2D eigenvalue weighted by atomic mass is 16.5. The summed E-state index contributed by atoms with van der Waals surface area (Å²) in [5, 5.41) is 9.79. The van der Waals surface area contributed by atoms with Crippen LogP contribution in [0.5, 0.6) is 11.5 Å². The molecule has 0 spiro atoms. The van der Waals surface area contributed by atoms with E-state index in [1.807, 2.05) is 25.1 Å². The number of hydrogen-bond acceptors (Lipinski definition) is 4. The SMILES string of the molecule is CCOc1cc(CN)ccc1OC1CCCC1O. The smallest absolute Gasteiger partial charge is 0.161 e. The fraction of sp³-hybridized carbons (Fsp3) is 0.571. The van der Waals surface area contributed by atoms with E-state index in [1.54, 1.807) is 0 Å². The highest BCUT2D eigenvalue weighted by molar-refractivity contribution is 5.43. The minimum atomic E-state index is -0.367. The Morgan fingerprint density at radius 3 is 2.78 bits per heavy atom. The van der Waals surface area contributed by atoms with Gasteiger partial charge in [-0.3, -0.25) is 0 Å². The number of benzene rings is 1. The van der Waals surface area contributed by atoms with Gasteiger partial charge < -0.3 is 20.3 Å². The van der Waals surface area contributed by atoms with Gasteiger partial charge in [-0.2, -0.15) is 0 Å². The first-order valence-electron chi connectivity index (χ1n) is 6.55. The molecule has 0 bridgehead atoms. The average molecular weight is 251 g/mol. The minimum absolute atomic E-state index is 0.118. The maximum absolute atomic E-state index is 9.79. The summed E-state index contributed by atoms with van der Waals surface area (Å²) in [5.41, 5.74) is 6.63. The topological polar surface area (TPSA) is 64.7 Å². The first-order chi connectivity index (χ1) is 8.74. The number of nitrogens with two attached hydrogens (primary N) is 1. The van der Waals surface area contributed by atoms with Crippen molar-refractivity contribution in [1.29, 1.82) is 0 Å². The highest BCUT2D eigenvalue weighted by Crippen LogP contribution is 2.32. The third kappa shape index (κ3) is 2.94. The van der Waals surface area contributed by atoms with Crippen LogP contribution >= 0.6 is 0 Å². The Hall–Kier alpha value is -1.26. The molecule has 0 radical (unpaired) electrons. The second-order valence-corrected chi connectivity index (χ2v) is 4.57. The Labute approximate surface area is 108 Å². The molecule has 1 aliphatic carbocycles. The van der Waals surface area contributed by atoms with E-state index in [0.717, 1.165) is 24.8 Å². The molecule has 100 valence electrons. The van der Waals surface area contributed by atoms with Gasteiger partial charge in [0.15, 0.2) is 11.5 Å². The van der Waals surface area contributed by atoms with Crippen LogP contribution in [-0.4, -0.2) is 23.9 Å². The van der Waals surface area contributed by atoms with Crippen LogP contribution in [0.15, 0.2) is 18.2 Å². The van der Waals surface area contributed by atoms with E-state index in [4.69, 9.17) is 15.2 Å². The van der Waals surface area contributed by atoms with Crippen LogP contribution in [0.25, 0.3) is 0 Å². The monoisotopic (exact) mass is 251 g/mol. The third-order valence-corrected chi connectivity index (χ3v) is 3.24. The molecule has 1 aromatic carbocycles. The van der Waals surface area contributed by atoms with Crippen molar-refractivity contribution in [2.75, 3.05) is 6.61 Å². The van der Waals surface area contributed by atoms with Crippen molar-refractivity contribution < 1.29 is 14.6 Å². The van der Waals surface area contributed by atoms with Crippen LogP contribution < -0.4 is 15.2 Å². The normalized spacial score (nSPS) is 23.1. The van der Waals surface area contributed by atoms with Crippen molar-refractivity contribution in [3.63, 3.8) is 0 Å². The van der Waals surface area contributed by atoms with E-state index in [2.05, 4.69) is 0 Å². The molecule has 1 fully saturated rings. The van der Waals surface area contributed by atoms with Crippen molar-refractivity contribution in [2.45, 2.75) is 44.9 Å². The van der Waals surface area contributed by atoms with Crippen molar-refractivity contribution >= 4 is 0 Å². The quantitative estimate of drug-likeness (QED) is 0.838. The van der Waals surface area contributed by atoms with E-state index >= 15 is 0 Å². The molecule has 1 aromatic rings. The zero-order valence-electron chi connectivity index (χ0n) is 10.8. The zero-order chi connectivity index (χ0) is 13.0. The summed E-state index contributed by atoms with van der Waals surface area (Å²) < 4.78 is 11.4. The van der Waals surface area contributed by atoms with E-state index in [9.17, 15) is 5.11 Å². The summed E-state index contributed by atoms with van der Waals surface area (Å²) in [4.78, 5) is 0. The van der Waals surface area contributed by atoms with Gasteiger partial charge in [-0.05, 0) is 43.9 Å². The van der Waals surface area contributed by atoms with Gasteiger partial charge in [-0.15, -0.1) is 0 Å². The standard InChI is InChI=1S/C14H21NO3/c1-2-17-14-8-10(9-15)6-7-13(14)18-12-5-3-4-11(12)16/h6-8,11-12,16H,2-5,9,15H2,1H3. The Morgan fingerprint density at radius 2 is 2.17 bits per heavy atom. The number of hydrogen-bond donors (Lipinski definition) is 2. The fourth-order valence-electron chi connectivity index (χ4n) is 2.25. The second-order valence-electron chi connectivity index (χ2n) is 4.57. The Morgan fingerprint density at radius 1 is 1.33 bits per heavy atom. The molecule has 1 aliphatic rings. The number of ether oxygens (including phenoxy) is 2. The van der Waals surface area contributed by atoms with Gasteiger partial charge in [0.25, 0.3) is 0 Å². The summed E-state index contributed by atoms with van der Waals surface area (Å²) in [6, 6.07) is 5.71. The average Bonchev–Trinajstić information content (AvgIpc) is 2.77. The van der Waals surface area contributed by atoms with Gasteiger partial charge in [0, 0.05) is 6.54 Å². The second kappa shape index (κ2) is 6.07. The van der Waals surface area contributed by atoms with E-state index in [-0.39, 0.29) is 12.2 Å². The number of rotatable bonds is 5. The molecule has 0 saturated heterocycles. The molecule has 2 atom stereocenters. The predicted molar refractivity (Wildman–Crippen MR) is 69.8 cm³/mol. The van der Waals surface area contributed by atoms with Gasteiger partial charge in [-0.25, -0.2) is 0 Å². The van der Waals surface area contributed by atoms with Crippen LogP contribution in [0.1, 0.15) is 31.7 Å². The maximum atomic E-state index is 9.79. The summed E-state index contributed by atoms with van der Waals surface area (Å²) in [5.74, 6) is 1.40. The van der Waals surface area contributed by atoms with Crippen LogP contribution in [-0.2, 0) is 6.54 Å². The molecule has 0 amide bonds. The van der Waals surface area contributed by atoms with Crippen LogP contribution in [0.3, 0.4) is 0 Å². The number of aliphatic hydroxyl groups excluding tert-OH is 1. The molecule has 0 aromatic heterocycles. The molecular formula is C14H21NO3. The summed E-state index contributed by atoms with van der Waals surface area (Å²) >= 11 is 0. The summed E-state index contributed by atoms with van der Waals surface area (Å²) in [6.45, 7) is 2.99. The molecule has 4 heteroatoms. The van der Waals surface area contributed by atoms with Crippen molar-refractivity contribution in [3.05, 3.63) is 23.8 Å².